The molecule has 6 nitrogen and oxygen atoms in total. The van der Waals surface area contributed by atoms with Crippen molar-refractivity contribution >= 4 is 5.97 Å². The summed E-state index contributed by atoms with van der Waals surface area (Å²) >= 11 is 0. The molecule has 6 heteroatoms. The molecule has 0 saturated carbocycles. The Morgan fingerprint density at radius 2 is 1.83 bits per heavy atom. The third kappa shape index (κ3) is 5.79. The van der Waals surface area contributed by atoms with Crippen molar-refractivity contribution in [3.8, 4) is 0 Å². The Morgan fingerprint density at radius 1 is 1.14 bits per heavy atom. The van der Waals surface area contributed by atoms with Crippen molar-refractivity contribution in [2.75, 3.05) is 46.4 Å². The number of esters is 1. The predicted octanol–water partition coefficient (Wildman–Crippen LogP) is 2.21. The Balaban J connectivity index is 1.56. The molecule has 1 N–H and O–H groups in total. The number of carbonyl (C=O) groups excluding carboxylic acids is 1. The average molecular weight is 404 g/mol. The lowest BCUT2D eigenvalue weighted by Crippen LogP contribution is -2.58. The molecule has 1 atom stereocenters. The molecule has 1 aromatic carbocycles. The Bertz CT molecular complexity index is 641. The molecule has 2 aliphatic heterocycles. The number of piperidine rings is 1. The monoisotopic (exact) mass is 403 g/mol. The molecule has 0 amide bonds. The summed E-state index contributed by atoms with van der Waals surface area (Å²) in [5.74, 6) is -0.295. The van der Waals surface area contributed by atoms with Crippen molar-refractivity contribution < 1.29 is 14.6 Å². The van der Waals surface area contributed by atoms with Crippen LogP contribution in [0.2, 0.25) is 0 Å². The lowest BCUT2D eigenvalue weighted by molar-refractivity contribution is -0.0000292. The number of likely N-dealkylation sites (tertiary alicyclic amines) is 1. The van der Waals surface area contributed by atoms with Gasteiger partial charge in [0.2, 0.25) is 0 Å². The Labute approximate surface area is 175 Å². The summed E-state index contributed by atoms with van der Waals surface area (Å²) in [6.07, 6.45) is 3.30. The highest BCUT2D eigenvalue weighted by atomic mass is 16.5. The van der Waals surface area contributed by atoms with E-state index >= 15 is 0 Å². The first-order valence-electron chi connectivity index (χ1n) is 11.0. The standard InChI is InChI=1S/C23H37N3O3/c1-18(2)25-11-8-21(9-12-25)26-14-13-24(17-22(26)10-15-27)16-19-4-6-20(7-5-19)23(28)29-3/h4-7,18,21-22,27H,8-17H2,1-3H3/t22-/m1/s1. The van der Waals surface area contributed by atoms with E-state index in [-0.39, 0.29) is 12.6 Å². The molecule has 0 unspecified atom stereocenters. The maximum absolute atomic E-state index is 11.6. The number of nitrogens with zero attached hydrogens (tertiary/aromatic N) is 3. The lowest BCUT2D eigenvalue weighted by atomic mass is 9.97. The Kier molecular flexibility index (Phi) is 8.07. The maximum atomic E-state index is 11.6. The van der Waals surface area contributed by atoms with Crippen molar-refractivity contribution in [1.29, 1.82) is 0 Å². The van der Waals surface area contributed by atoms with E-state index in [4.69, 9.17) is 4.74 Å². The van der Waals surface area contributed by atoms with Crippen LogP contribution in [0.15, 0.2) is 24.3 Å². The second-order valence-corrected chi connectivity index (χ2v) is 8.69. The van der Waals surface area contributed by atoms with Gasteiger partial charge in [0.25, 0.3) is 0 Å². The first kappa shape index (κ1) is 22.2. The average Bonchev–Trinajstić information content (AvgIpc) is 2.74. The van der Waals surface area contributed by atoms with Crippen molar-refractivity contribution in [2.45, 2.75) is 57.8 Å². The summed E-state index contributed by atoms with van der Waals surface area (Å²) in [5.41, 5.74) is 1.80. The fraction of sp³-hybridized carbons (Fsp3) is 0.696. The number of aliphatic hydroxyl groups excluding tert-OH is 1. The van der Waals surface area contributed by atoms with Crippen molar-refractivity contribution in [3.63, 3.8) is 0 Å². The summed E-state index contributed by atoms with van der Waals surface area (Å²) in [5, 5.41) is 9.63. The zero-order chi connectivity index (χ0) is 20.8. The maximum Gasteiger partial charge on any atom is 0.337 e. The first-order valence-corrected chi connectivity index (χ1v) is 11.0. The Morgan fingerprint density at radius 3 is 2.41 bits per heavy atom. The van der Waals surface area contributed by atoms with Crippen LogP contribution in [0.4, 0.5) is 0 Å². The molecule has 2 aliphatic rings. The molecule has 29 heavy (non-hydrogen) atoms. The van der Waals surface area contributed by atoms with E-state index in [1.807, 2.05) is 24.3 Å². The van der Waals surface area contributed by atoms with Gasteiger partial charge >= 0.3 is 5.97 Å². The van der Waals surface area contributed by atoms with Gasteiger partial charge in [0.15, 0.2) is 0 Å². The van der Waals surface area contributed by atoms with Crippen LogP contribution in [-0.2, 0) is 11.3 Å². The minimum Gasteiger partial charge on any atom is -0.465 e. The summed E-state index contributed by atoms with van der Waals surface area (Å²) in [6, 6.07) is 9.40. The molecule has 0 radical (unpaired) electrons. The van der Waals surface area contributed by atoms with E-state index < -0.39 is 0 Å². The molecule has 3 rings (SSSR count). The quantitative estimate of drug-likeness (QED) is 0.705. The van der Waals surface area contributed by atoms with E-state index in [1.54, 1.807) is 0 Å². The molecular formula is C23H37N3O3. The van der Waals surface area contributed by atoms with Gasteiger partial charge in [0.1, 0.15) is 0 Å². The molecule has 162 valence electrons. The molecule has 0 aromatic heterocycles. The van der Waals surface area contributed by atoms with Gasteiger partial charge < -0.3 is 14.7 Å². The number of hydrogen-bond donors (Lipinski definition) is 1. The SMILES string of the molecule is COC(=O)c1ccc(CN2CCN(C3CCN(C(C)C)CC3)[C@H](CCO)C2)cc1. The van der Waals surface area contributed by atoms with Crippen LogP contribution in [0.25, 0.3) is 0 Å². The number of carbonyl (C=O) groups is 1. The molecule has 2 fully saturated rings. The summed E-state index contributed by atoms with van der Waals surface area (Å²) in [6.45, 7) is 11.2. The van der Waals surface area contributed by atoms with Crippen molar-refractivity contribution in [2.24, 2.45) is 0 Å². The molecule has 0 spiro atoms. The van der Waals surface area contributed by atoms with E-state index in [1.165, 1.54) is 38.6 Å². The van der Waals surface area contributed by atoms with Crippen molar-refractivity contribution in [3.05, 3.63) is 35.4 Å². The minimum atomic E-state index is -0.295. The third-order valence-corrected chi connectivity index (χ3v) is 6.55. The van der Waals surface area contributed by atoms with Gasteiger partial charge in [0, 0.05) is 50.9 Å². The highest BCUT2D eigenvalue weighted by Gasteiger charge is 2.33. The number of benzene rings is 1. The molecule has 2 heterocycles. The normalized spacial score (nSPS) is 22.9. The van der Waals surface area contributed by atoms with Crippen LogP contribution in [0.5, 0.6) is 0 Å². The summed E-state index contributed by atoms with van der Waals surface area (Å²) in [4.78, 5) is 19.3. The topological polar surface area (TPSA) is 56.2 Å². The zero-order valence-corrected chi connectivity index (χ0v) is 18.2. The molecule has 0 bridgehead atoms. The number of aliphatic hydroxyl groups is 1. The lowest BCUT2D eigenvalue weighted by Gasteiger charge is -2.48. The van der Waals surface area contributed by atoms with Gasteiger partial charge in [-0.2, -0.15) is 0 Å². The van der Waals surface area contributed by atoms with Gasteiger partial charge in [0.05, 0.1) is 12.7 Å². The van der Waals surface area contributed by atoms with Crippen LogP contribution in [0.3, 0.4) is 0 Å². The number of methoxy groups -OCH3 is 1. The van der Waals surface area contributed by atoms with Crippen LogP contribution < -0.4 is 0 Å². The minimum absolute atomic E-state index is 0.244. The predicted molar refractivity (Wildman–Crippen MR) is 115 cm³/mol. The second kappa shape index (κ2) is 10.5. The van der Waals surface area contributed by atoms with E-state index in [0.29, 0.717) is 23.7 Å². The van der Waals surface area contributed by atoms with E-state index in [9.17, 15) is 9.90 Å². The van der Waals surface area contributed by atoms with Gasteiger partial charge in [-0.3, -0.25) is 9.80 Å². The smallest absolute Gasteiger partial charge is 0.337 e. The van der Waals surface area contributed by atoms with Gasteiger partial charge in [-0.25, -0.2) is 4.79 Å². The van der Waals surface area contributed by atoms with Crippen LogP contribution in [0.1, 0.15) is 49.0 Å². The van der Waals surface area contributed by atoms with Crippen LogP contribution in [-0.4, -0.2) is 90.3 Å². The number of hydrogen-bond acceptors (Lipinski definition) is 6. The summed E-state index contributed by atoms with van der Waals surface area (Å²) < 4.78 is 4.77. The highest BCUT2D eigenvalue weighted by molar-refractivity contribution is 5.89. The zero-order valence-electron chi connectivity index (χ0n) is 18.2. The van der Waals surface area contributed by atoms with Crippen molar-refractivity contribution in [1.82, 2.24) is 14.7 Å². The van der Waals surface area contributed by atoms with Gasteiger partial charge in [-0.05, 0) is 63.9 Å². The van der Waals surface area contributed by atoms with Gasteiger partial charge in [-0.1, -0.05) is 12.1 Å². The molecule has 0 aliphatic carbocycles. The van der Waals surface area contributed by atoms with Crippen LogP contribution in [0, 0.1) is 0 Å². The number of ether oxygens (including phenoxy) is 1. The highest BCUT2D eigenvalue weighted by Crippen LogP contribution is 2.25. The van der Waals surface area contributed by atoms with Crippen LogP contribution >= 0.6 is 0 Å². The number of rotatable bonds is 7. The fourth-order valence-corrected chi connectivity index (χ4v) is 4.82. The third-order valence-electron chi connectivity index (χ3n) is 6.55. The largest absolute Gasteiger partial charge is 0.465 e. The van der Waals surface area contributed by atoms with Gasteiger partial charge in [-0.15, -0.1) is 0 Å². The molecule has 2 saturated heterocycles. The first-order chi connectivity index (χ1) is 14.0. The van der Waals surface area contributed by atoms with E-state index in [0.717, 1.165) is 32.6 Å². The summed E-state index contributed by atoms with van der Waals surface area (Å²) in [7, 11) is 1.41. The Hall–Kier alpha value is -1.47. The fourth-order valence-electron chi connectivity index (χ4n) is 4.82. The molecular weight excluding hydrogens is 366 g/mol. The van der Waals surface area contributed by atoms with E-state index in [2.05, 4.69) is 28.5 Å². The molecule has 1 aromatic rings. The second-order valence-electron chi connectivity index (χ2n) is 8.69. The number of piperazine rings is 1.